The van der Waals surface area contributed by atoms with Crippen molar-refractivity contribution < 1.29 is 14.1 Å². The fourth-order valence-electron chi connectivity index (χ4n) is 2.49. The molecule has 1 aliphatic rings. The fraction of sp³-hybridized carbons (Fsp3) is 0.533. The summed E-state index contributed by atoms with van der Waals surface area (Å²) in [6, 6.07) is 9.41. The van der Waals surface area contributed by atoms with Gasteiger partial charge in [0.1, 0.15) is 5.25 Å². The molecule has 1 aliphatic heterocycles. The van der Waals surface area contributed by atoms with Gasteiger partial charge in [-0.2, -0.15) is 0 Å². The van der Waals surface area contributed by atoms with Gasteiger partial charge < -0.3 is 10.0 Å². The summed E-state index contributed by atoms with van der Waals surface area (Å²) >= 11 is 0. The number of likely N-dealkylation sites (tertiary alicyclic amines) is 1. The van der Waals surface area contributed by atoms with Gasteiger partial charge in [-0.1, -0.05) is 30.3 Å². The number of carboxylic acids is 1. The number of aliphatic carboxylic acids is 1. The van der Waals surface area contributed by atoms with Crippen LogP contribution in [0.3, 0.4) is 0 Å². The Morgan fingerprint density at radius 3 is 2.50 bits per heavy atom. The lowest BCUT2D eigenvalue weighted by molar-refractivity contribution is -0.136. The van der Waals surface area contributed by atoms with E-state index in [-0.39, 0.29) is 0 Å². The molecule has 0 aliphatic carbocycles. The van der Waals surface area contributed by atoms with E-state index >= 15 is 0 Å². The minimum Gasteiger partial charge on any atom is -0.480 e. The van der Waals surface area contributed by atoms with Gasteiger partial charge in [-0.05, 0) is 37.9 Å². The molecule has 0 saturated carbocycles. The van der Waals surface area contributed by atoms with Gasteiger partial charge in [-0.3, -0.25) is 9.00 Å². The molecular formula is C15H21NO3S. The minimum absolute atomic E-state index is 0.336. The molecule has 1 heterocycles. The van der Waals surface area contributed by atoms with E-state index in [2.05, 4.69) is 4.90 Å². The lowest BCUT2D eigenvalue weighted by Gasteiger charge is -2.17. The van der Waals surface area contributed by atoms with Crippen molar-refractivity contribution in [3.63, 3.8) is 0 Å². The molecular weight excluding hydrogens is 274 g/mol. The molecule has 2 rings (SSSR count). The van der Waals surface area contributed by atoms with E-state index in [0.29, 0.717) is 12.2 Å². The first-order valence-electron chi connectivity index (χ1n) is 7.03. The summed E-state index contributed by atoms with van der Waals surface area (Å²) in [7, 11) is -1.33. The van der Waals surface area contributed by atoms with Crippen molar-refractivity contribution in [3.05, 3.63) is 35.9 Å². The smallest absolute Gasteiger partial charge is 0.319 e. The van der Waals surface area contributed by atoms with Gasteiger partial charge in [0.05, 0.1) is 0 Å². The fourth-order valence-corrected chi connectivity index (χ4v) is 3.81. The van der Waals surface area contributed by atoms with Crippen LogP contribution in [0.1, 0.15) is 18.4 Å². The molecule has 0 amide bonds. The Labute approximate surface area is 122 Å². The lowest BCUT2D eigenvalue weighted by atomic mass is 10.1. The van der Waals surface area contributed by atoms with Crippen LogP contribution in [0, 0.1) is 0 Å². The van der Waals surface area contributed by atoms with Crippen molar-refractivity contribution in [1.29, 1.82) is 0 Å². The molecule has 1 fully saturated rings. The molecule has 20 heavy (non-hydrogen) atoms. The van der Waals surface area contributed by atoms with Gasteiger partial charge in [0.2, 0.25) is 0 Å². The molecule has 0 aromatic heterocycles. The maximum atomic E-state index is 12.2. The predicted molar refractivity (Wildman–Crippen MR) is 80.3 cm³/mol. The van der Waals surface area contributed by atoms with Crippen molar-refractivity contribution in [2.45, 2.75) is 24.5 Å². The number of hydrogen-bond donors (Lipinski definition) is 1. The van der Waals surface area contributed by atoms with E-state index in [4.69, 9.17) is 0 Å². The van der Waals surface area contributed by atoms with Crippen LogP contribution in [0.4, 0.5) is 0 Å². The summed E-state index contributed by atoms with van der Waals surface area (Å²) in [4.78, 5) is 13.6. The molecule has 110 valence electrons. The van der Waals surface area contributed by atoms with Gasteiger partial charge in [0.15, 0.2) is 0 Å². The highest BCUT2D eigenvalue weighted by Gasteiger charge is 2.25. The highest BCUT2D eigenvalue weighted by atomic mass is 32.2. The summed E-state index contributed by atoms with van der Waals surface area (Å²) in [5.74, 6) is -0.516. The molecule has 4 nitrogen and oxygen atoms in total. The van der Waals surface area contributed by atoms with Gasteiger partial charge in [-0.25, -0.2) is 0 Å². The molecule has 5 heteroatoms. The zero-order chi connectivity index (χ0) is 14.4. The van der Waals surface area contributed by atoms with Crippen molar-refractivity contribution in [1.82, 2.24) is 4.90 Å². The summed E-state index contributed by atoms with van der Waals surface area (Å²) in [5.41, 5.74) is 0.925. The van der Waals surface area contributed by atoms with Crippen LogP contribution >= 0.6 is 0 Å². The lowest BCUT2D eigenvalue weighted by Crippen LogP contribution is -2.33. The van der Waals surface area contributed by atoms with E-state index in [9.17, 15) is 14.1 Å². The van der Waals surface area contributed by atoms with Crippen LogP contribution < -0.4 is 0 Å². The molecule has 1 N–H and O–H groups in total. The molecule has 1 saturated heterocycles. The Morgan fingerprint density at radius 2 is 1.90 bits per heavy atom. The van der Waals surface area contributed by atoms with Crippen LogP contribution in [0.2, 0.25) is 0 Å². The average molecular weight is 295 g/mol. The third kappa shape index (κ3) is 4.42. The third-order valence-electron chi connectivity index (χ3n) is 3.66. The summed E-state index contributed by atoms with van der Waals surface area (Å²) in [6.07, 6.45) is 2.72. The Morgan fingerprint density at radius 1 is 1.25 bits per heavy atom. The maximum Gasteiger partial charge on any atom is 0.319 e. The molecule has 0 spiro atoms. The number of carbonyl (C=O) groups is 1. The topological polar surface area (TPSA) is 57.6 Å². The molecule has 1 aromatic carbocycles. The van der Waals surface area contributed by atoms with Gasteiger partial charge in [0, 0.05) is 23.1 Å². The third-order valence-corrected chi connectivity index (χ3v) is 5.25. The van der Waals surface area contributed by atoms with E-state index in [1.54, 1.807) is 0 Å². The quantitative estimate of drug-likeness (QED) is 0.829. The van der Waals surface area contributed by atoms with E-state index < -0.39 is 22.0 Å². The molecule has 0 bridgehead atoms. The van der Waals surface area contributed by atoms with Crippen molar-refractivity contribution in [2.24, 2.45) is 0 Å². The second kappa shape index (κ2) is 7.55. The van der Waals surface area contributed by atoms with Crippen molar-refractivity contribution in [2.75, 3.05) is 25.4 Å². The SMILES string of the molecule is O=C(O)C(Cc1ccccc1)S(=O)CCN1CCCC1. The monoisotopic (exact) mass is 295 g/mol. The number of carboxylic acid groups (broad SMARTS) is 1. The highest BCUT2D eigenvalue weighted by Crippen LogP contribution is 2.11. The summed E-state index contributed by atoms with van der Waals surface area (Å²) in [5, 5.41) is 8.48. The Balaban J connectivity index is 1.90. The first-order valence-corrected chi connectivity index (χ1v) is 8.41. The first kappa shape index (κ1) is 15.2. The number of benzene rings is 1. The Hall–Kier alpha value is -1.20. The number of hydrogen-bond acceptors (Lipinski definition) is 3. The minimum atomic E-state index is -1.33. The normalized spacial score (nSPS) is 18.8. The van der Waals surface area contributed by atoms with Gasteiger partial charge in [0.25, 0.3) is 0 Å². The second-order valence-corrected chi connectivity index (χ2v) is 6.89. The largest absolute Gasteiger partial charge is 0.480 e. The molecule has 2 unspecified atom stereocenters. The maximum absolute atomic E-state index is 12.2. The van der Waals surface area contributed by atoms with E-state index in [1.165, 1.54) is 12.8 Å². The van der Waals surface area contributed by atoms with Crippen LogP contribution in [0.5, 0.6) is 0 Å². The van der Waals surface area contributed by atoms with Gasteiger partial charge in [-0.15, -0.1) is 0 Å². The summed E-state index contributed by atoms with van der Waals surface area (Å²) in [6.45, 7) is 2.84. The summed E-state index contributed by atoms with van der Waals surface area (Å²) < 4.78 is 12.2. The van der Waals surface area contributed by atoms with Crippen LogP contribution in [0.15, 0.2) is 30.3 Å². The zero-order valence-corrected chi connectivity index (χ0v) is 12.3. The van der Waals surface area contributed by atoms with E-state index in [0.717, 1.165) is 25.2 Å². The van der Waals surface area contributed by atoms with Crippen LogP contribution in [0.25, 0.3) is 0 Å². The van der Waals surface area contributed by atoms with Crippen molar-refractivity contribution >= 4 is 16.8 Å². The van der Waals surface area contributed by atoms with E-state index in [1.807, 2.05) is 30.3 Å². The Bertz CT molecular complexity index is 457. The number of rotatable bonds is 7. The van der Waals surface area contributed by atoms with Crippen LogP contribution in [-0.4, -0.2) is 50.8 Å². The first-order chi connectivity index (χ1) is 9.66. The second-order valence-electron chi connectivity index (χ2n) is 5.15. The van der Waals surface area contributed by atoms with Crippen LogP contribution in [-0.2, 0) is 22.0 Å². The average Bonchev–Trinajstić information content (AvgIpc) is 2.96. The van der Waals surface area contributed by atoms with Crippen molar-refractivity contribution in [3.8, 4) is 0 Å². The Kier molecular flexibility index (Phi) is 5.73. The standard InChI is InChI=1S/C15H21NO3S/c17-15(18)14(12-13-6-2-1-3-7-13)20(19)11-10-16-8-4-5-9-16/h1-3,6-7,14H,4-5,8-12H2,(H,17,18). The zero-order valence-electron chi connectivity index (χ0n) is 11.5. The number of nitrogens with zero attached hydrogens (tertiary/aromatic N) is 1. The highest BCUT2D eigenvalue weighted by molar-refractivity contribution is 7.86. The molecule has 2 atom stereocenters. The molecule has 1 aromatic rings. The predicted octanol–water partition coefficient (Wildman–Crippen LogP) is 1.53. The molecule has 0 radical (unpaired) electrons. The van der Waals surface area contributed by atoms with Gasteiger partial charge >= 0.3 is 5.97 Å².